The first-order chi connectivity index (χ1) is 6.70. The van der Waals surface area contributed by atoms with Crippen molar-refractivity contribution >= 4 is 8.56 Å². The van der Waals surface area contributed by atoms with Crippen LogP contribution in [0.5, 0.6) is 0 Å². The molecule has 1 rings (SSSR count). The van der Waals surface area contributed by atoms with Gasteiger partial charge in [0.2, 0.25) is 0 Å². The zero-order chi connectivity index (χ0) is 10.6. The molecule has 14 heavy (non-hydrogen) atoms. The third-order valence-electron chi connectivity index (χ3n) is 3.61. The van der Waals surface area contributed by atoms with Crippen LogP contribution >= 0.6 is 0 Å². The molecule has 0 spiro atoms. The Morgan fingerprint density at radius 1 is 1.29 bits per heavy atom. The molecule has 84 valence electrons. The standard InChI is InChI=1S/C10H23NO2Si/c1-9-5-6-10(9)14(12-2,13-3)8-4-7-11/h9-10H,4-8,11H2,1-3H3. The zero-order valence-electron chi connectivity index (χ0n) is 9.58. The predicted molar refractivity (Wildman–Crippen MR) is 60.4 cm³/mol. The monoisotopic (exact) mass is 217 g/mol. The molecule has 2 N–H and O–H groups in total. The van der Waals surface area contributed by atoms with Crippen LogP contribution in [0.3, 0.4) is 0 Å². The third kappa shape index (κ3) is 2.19. The van der Waals surface area contributed by atoms with Crippen LogP contribution in [0.25, 0.3) is 0 Å². The fourth-order valence-electron chi connectivity index (χ4n) is 2.44. The maximum Gasteiger partial charge on any atom is 0.341 e. The lowest BCUT2D eigenvalue weighted by Gasteiger charge is -2.44. The van der Waals surface area contributed by atoms with Crippen molar-refractivity contribution in [2.24, 2.45) is 11.7 Å². The second kappa shape index (κ2) is 5.26. The van der Waals surface area contributed by atoms with E-state index in [0.29, 0.717) is 5.54 Å². The second-order valence-corrected chi connectivity index (χ2v) is 7.96. The van der Waals surface area contributed by atoms with Gasteiger partial charge >= 0.3 is 8.56 Å². The van der Waals surface area contributed by atoms with Crippen LogP contribution in [0.1, 0.15) is 26.2 Å². The van der Waals surface area contributed by atoms with E-state index in [9.17, 15) is 0 Å². The van der Waals surface area contributed by atoms with Gasteiger partial charge in [-0.05, 0) is 31.3 Å². The molecule has 3 nitrogen and oxygen atoms in total. The first-order valence-corrected chi connectivity index (χ1v) is 7.60. The third-order valence-corrected chi connectivity index (χ3v) is 8.03. The predicted octanol–water partition coefficient (Wildman–Crippen LogP) is 1.87. The Labute approximate surface area is 88.2 Å². The fourth-order valence-corrected chi connectivity index (χ4v) is 6.33. The highest BCUT2D eigenvalue weighted by atomic mass is 28.4. The van der Waals surface area contributed by atoms with E-state index < -0.39 is 8.56 Å². The average Bonchev–Trinajstić information content (AvgIpc) is 2.21. The Bertz CT molecular complexity index is 174. The van der Waals surface area contributed by atoms with Crippen molar-refractivity contribution in [3.63, 3.8) is 0 Å². The van der Waals surface area contributed by atoms with Crippen LogP contribution in [0.15, 0.2) is 0 Å². The first kappa shape index (κ1) is 12.2. The zero-order valence-corrected chi connectivity index (χ0v) is 10.6. The van der Waals surface area contributed by atoms with Crippen molar-refractivity contribution in [3.05, 3.63) is 0 Å². The van der Waals surface area contributed by atoms with Gasteiger partial charge in [0.15, 0.2) is 0 Å². The number of nitrogens with two attached hydrogens (primary N) is 1. The summed E-state index contributed by atoms with van der Waals surface area (Å²) in [7, 11) is 1.68. The molecule has 1 fully saturated rings. The van der Waals surface area contributed by atoms with Crippen LogP contribution in [0, 0.1) is 5.92 Å². The maximum absolute atomic E-state index is 5.72. The molecular weight excluding hydrogens is 194 g/mol. The molecule has 0 aromatic carbocycles. The Morgan fingerprint density at radius 2 is 1.93 bits per heavy atom. The molecule has 0 aliphatic heterocycles. The summed E-state index contributed by atoms with van der Waals surface area (Å²) in [6.45, 7) is 3.04. The van der Waals surface area contributed by atoms with E-state index in [4.69, 9.17) is 14.6 Å². The molecule has 0 aromatic heterocycles. The highest BCUT2D eigenvalue weighted by molar-refractivity contribution is 6.69. The summed E-state index contributed by atoms with van der Waals surface area (Å²) in [6.07, 6.45) is 3.63. The van der Waals surface area contributed by atoms with Gasteiger partial charge in [-0.2, -0.15) is 0 Å². The molecule has 2 unspecified atom stereocenters. The Hall–Kier alpha value is 0.0969. The van der Waals surface area contributed by atoms with E-state index in [1.165, 1.54) is 12.8 Å². The van der Waals surface area contributed by atoms with Crippen molar-refractivity contribution in [3.8, 4) is 0 Å². The summed E-state index contributed by atoms with van der Waals surface area (Å²) >= 11 is 0. The highest BCUT2D eigenvalue weighted by Crippen LogP contribution is 2.48. The van der Waals surface area contributed by atoms with Gasteiger partial charge in [-0.3, -0.25) is 0 Å². The Kier molecular flexibility index (Phi) is 4.57. The quantitative estimate of drug-likeness (QED) is 0.691. The van der Waals surface area contributed by atoms with Crippen LogP contribution in [-0.4, -0.2) is 29.3 Å². The summed E-state index contributed by atoms with van der Waals surface area (Å²) in [5, 5.41) is 0. The average molecular weight is 217 g/mol. The Morgan fingerprint density at radius 3 is 2.21 bits per heavy atom. The lowest BCUT2D eigenvalue weighted by molar-refractivity contribution is 0.179. The molecule has 2 atom stereocenters. The summed E-state index contributed by atoms with van der Waals surface area (Å²) in [4.78, 5) is 0. The van der Waals surface area contributed by atoms with Gasteiger partial charge < -0.3 is 14.6 Å². The van der Waals surface area contributed by atoms with Crippen molar-refractivity contribution < 1.29 is 8.85 Å². The molecule has 0 amide bonds. The van der Waals surface area contributed by atoms with Crippen molar-refractivity contribution in [1.29, 1.82) is 0 Å². The van der Waals surface area contributed by atoms with Crippen LogP contribution in [0.4, 0.5) is 0 Å². The molecular formula is C10H23NO2Si. The van der Waals surface area contributed by atoms with Crippen molar-refractivity contribution in [2.75, 3.05) is 20.8 Å². The van der Waals surface area contributed by atoms with Gasteiger partial charge in [0.25, 0.3) is 0 Å². The second-order valence-electron chi connectivity index (χ2n) is 4.27. The lowest BCUT2D eigenvalue weighted by atomic mass is 9.86. The van der Waals surface area contributed by atoms with E-state index in [-0.39, 0.29) is 0 Å². The normalized spacial score (nSPS) is 27.4. The summed E-state index contributed by atoms with van der Waals surface area (Å²) < 4.78 is 11.4. The van der Waals surface area contributed by atoms with Gasteiger partial charge in [0.05, 0.1) is 0 Å². The van der Waals surface area contributed by atoms with Crippen LogP contribution < -0.4 is 5.73 Å². The van der Waals surface area contributed by atoms with Gasteiger partial charge in [0, 0.05) is 19.8 Å². The van der Waals surface area contributed by atoms with E-state index in [1.54, 1.807) is 14.2 Å². The summed E-state index contributed by atoms with van der Waals surface area (Å²) in [5.74, 6) is 0.777. The summed E-state index contributed by atoms with van der Waals surface area (Å²) in [6, 6.07) is 1.05. The first-order valence-electron chi connectivity index (χ1n) is 5.50. The smallest absolute Gasteiger partial charge is 0.341 e. The van der Waals surface area contributed by atoms with Gasteiger partial charge in [0.1, 0.15) is 0 Å². The van der Waals surface area contributed by atoms with Gasteiger partial charge in [-0.25, -0.2) is 0 Å². The lowest BCUT2D eigenvalue weighted by Crippen LogP contribution is -2.50. The molecule has 0 bridgehead atoms. The van der Waals surface area contributed by atoms with Gasteiger partial charge in [-0.15, -0.1) is 0 Å². The van der Waals surface area contributed by atoms with E-state index >= 15 is 0 Å². The minimum Gasteiger partial charge on any atom is -0.397 e. The van der Waals surface area contributed by atoms with Gasteiger partial charge in [-0.1, -0.05) is 13.3 Å². The molecule has 0 saturated heterocycles. The fraction of sp³-hybridized carbons (Fsp3) is 1.00. The Balaban J connectivity index is 2.59. The largest absolute Gasteiger partial charge is 0.397 e. The number of rotatable bonds is 6. The SMILES string of the molecule is CO[Si](CCCN)(OC)C1CCC1C. The molecule has 0 aromatic rings. The van der Waals surface area contributed by atoms with Crippen LogP contribution in [-0.2, 0) is 8.85 Å². The van der Waals surface area contributed by atoms with E-state index in [2.05, 4.69) is 6.92 Å². The minimum absolute atomic E-state index is 0.684. The molecule has 1 saturated carbocycles. The van der Waals surface area contributed by atoms with E-state index in [0.717, 1.165) is 24.9 Å². The molecule has 0 heterocycles. The molecule has 1 aliphatic rings. The van der Waals surface area contributed by atoms with Crippen molar-refractivity contribution in [1.82, 2.24) is 0 Å². The molecule has 4 heteroatoms. The van der Waals surface area contributed by atoms with E-state index in [1.807, 2.05) is 0 Å². The highest BCUT2D eigenvalue weighted by Gasteiger charge is 2.50. The maximum atomic E-state index is 5.72. The number of hydrogen-bond acceptors (Lipinski definition) is 3. The van der Waals surface area contributed by atoms with Crippen LogP contribution in [0.2, 0.25) is 11.6 Å². The van der Waals surface area contributed by atoms with Crippen molar-refractivity contribution in [2.45, 2.75) is 37.8 Å². The summed E-state index contributed by atoms with van der Waals surface area (Å²) in [5.41, 5.74) is 6.23. The topological polar surface area (TPSA) is 44.5 Å². The molecule has 0 radical (unpaired) electrons. The number of hydrogen-bond donors (Lipinski definition) is 1. The molecule has 1 aliphatic carbocycles. The minimum atomic E-state index is -1.92.